The largest absolute Gasteiger partial charge is 0.347 e. The molecular formula is C11H23N3O2. The van der Waals surface area contributed by atoms with Gasteiger partial charge in [-0.2, -0.15) is 0 Å². The zero-order chi connectivity index (χ0) is 12.7. The molecule has 0 aromatic rings. The van der Waals surface area contributed by atoms with Gasteiger partial charge >= 0.3 is 0 Å². The second-order valence-corrected chi connectivity index (χ2v) is 4.23. The van der Waals surface area contributed by atoms with Crippen LogP contribution in [0.5, 0.6) is 0 Å². The van der Waals surface area contributed by atoms with Crippen molar-refractivity contribution in [2.45, 2.75) is 32.2 Å². The minimum Gasteiger partial charge on any atom is -0.347 e. The van der Waals surface area contributed by atoms with E-state index in [9.17, 15) is 9.59 Å². The zero-order valence-electron chi connectivity index (χ0n) is 10.7. The average Bonchev–Trinajstić information content (AvgIpc) is 2.24. The summed E-state index contributed by atoms with van der Waals surface area (Å²) in [4.78, 5) is 26.0. The molecular weight excluding hydrogens is 206 g/mol. The first-order valence-corrected chi connectivity index (χ1v) is 5.60. The molecule has 0 saturated heterocycles. The molecule has 5 nitrogen and oxygen atoms in total. The molecule has 2 amide bonds. The number of carbonyl (C=O) groups is 2. The number of rotatable bonds is 6. The molecule has 0 unspecified atom stereocenters. The van der Waals surface area contributed by atoms with Crippen molar-refractivity contribution >= 4 is 11.8 Å². The van der Waals surface area contributed by atoms with E-state index in [4.69, 9.17) is 5.73 Å². The predicted octanol–water partition coefficient (Wildman–Crippen LogP) is 0.0505. The van der Waals surface area contributed by atoms with Gasteiger partial charge in [0.1, 0.15) is 0 Å². The summed E-state index contributed by atoms with van der Waals surface area (Å²) in [6.07, 6.45) is 2.62. The molecule has 0 rings (SSSR count). The fourth-order valence-electron chi connectivity index (χ4n) is 1.25. The molecule has 0 aliphatic rings. The van der Waals surface area contributed by atoms with E-state index >= 15 is 0 Å². The molecule has 2 N–H and O–H groups in total. The minimum absolute atomic E-state index is 0.0889. The van der Waals surface area contributed by atoms with Crippen LogP contribution in [0.2, 0.25) is 0 Å². The van der Waals surface area contributed by atoms with Crippen molar-refractivity contribution in [3.05, 3.63) is 0 Å². The number of carbonyl (C=O) groups excluding carboxylic acids is 2. The zero-order valence-corrected chi connectivity index (χ0v) is 10.7. The van der Waals surface area contributed by atoms with Crippen LogP contribution in [-0.4, -0.2) is 55.3 Å². The van der Waals surface area contributed by atoms with Crippen LogP contribution in [0.15, 0.2) is 0 Å². The van der Waals surface area contributed by atoms with E-state index in [0.29, 0.717) is 6.42 Å². The van der Waals surface area contributed by atoms with E-state index in [0.717, 1.165) is 12.8 Å². The SMILES string of the molecule is CCCC[C@H](N)C(=O)N(C)CC(=O)N(C)C. The van der Waals surface area contributed by atoms with Crippen LogP contribution in [0.1, 0.15) is 26.2 Å². The summed E-state index contributed by atoms with van der Waals surface area (Å²) in [5.74, 6) is -0.262. The van der Waals surface area contributed by atoms with Crippen LogP contribution in [0, 0.1) is 0 Å². The third-order valence-corrected chi connectivity index (χ3v) is 2.43. The van der Waals surface area contributed by atoms with Gasteiger partial charge < -0.3 is 15.5 Å². The van der Waals surface area contributed by atoms with Crippen LogP contribution >= 0.6 is 0 Å². The predicted molar refractivity (Wildman–Crippen MR) is 63.8 cm³/mol. The average molecular weight is 229 g/mol. The van der Waals surface area contributed by atoms with E-state index in [1.807, 2.05) is 0 Å². The molecule has 0 saturated carbocycles. The number of nitrogens with two attached hydrogens (primary N) is 1. The lowest BCUT2D eigenvalue weighted by Crippen LogP contribution is -2.45. The highest BCUT2D eigenvalue weighted by Crippen LogP contribution is 2.01. The Morgan fingerprint density at radius 3 is 2.25 bits per heavy atom. The summed E-state index contributed by atoms with van der Waals surface area (Å²) >= 11 is 0. The molecule has 0 aromatic carbocycles. The number of amides is 2. The fourth-order valence-corrected chi connectivity index (χ4v) is 1.25. The highest BCUT2D eigenvalue weighted by Gasteiger charge is 2.19. The van der Waals surface area contributed by atoms with Crippen molar-refractivity contribution in [1.29, 1.82) is 0 Å². The number of likely N-dealkylation sites (N-methyl/N-ethyl adjacent to an activating group) is 2. The Balaban J connectivity index is 4.12. The lowest BCUT2D eigenvalue weighted by Gasteiger charge is -2.22. The van der Waals surface area contributed by atoms with Crippen molar-refractivity contribution in [3.63, 3.8) is 0 Å². The molecule has 0 aromatic heterocycles. The molecule has 0 spiro atoms. The Bertz CT molecular complexity index is 241. The van der Waals surface area contributed by atoms with Crippen molar-refractivity contribution in [2.75, 3.05) is 27.7 Å². The molecule has 0 radical (unpaired) electrons. The normalized spacial score (nSPS) is 12.1. The van der Waals surface area contributed by atoms with Crippen molar-refractivity contribution in [1.82, 2.24) is 9.80 Å². The molecule has 1 atom stereocenters. The second kappa shape index (κ2) is 7.22. The minimum atomic E-state index is -0.486. The highest BCUT2D eigenvalue weighted by molar-refractivity contribution is 5.87. The van der Waals surface area contributed by atoms with Gasteiger partial charge in [-0.25, -0.2) is 0 Å². The Kier molecular flexibility index (Phi) is 6.72. The maximum Gasteiger partial charge on any atom is 0.241 e. The number of hydrogen-bond donors (Lipinski definition) is 1. The molecule has 0 aliphatic heterocycles. The third-order valence-electron chi connectivity index (χ3n) is 2.43. The molecule has 5 heteroatoms. The van der Waals surface area contributed by atoms with E-state index < -0.39 is 6.04 Å². The first kappa shape index (κ1) is 14.9. The van der Waals surface area contributed by atoms with E-state index in [2.05, 4.69) is 6.92 Å². The van der Waals surface area contributed by atoms with Crippen LogP contribution in [0.3, 0.4) is 0 Å². The molecule has 0 aliphatic carbocycles. The Hall–Kier alpha value is -1.10. The number of unbranched alkanes of at least 4 members (excludes halogenated alkanes) is 1. The van der Waals surface area contributed by atoms with Gasteiger partial charge in [-0.1, -0.05) is 19.8 Å². The van der Waals surface area contributed by atoms with Gasteiger partial charge in [-0.3, -0.25) is 9.59 Å². The fraction of sp³-hybridized carbons (Fsp3) is 0.818. The van der Waals surface area contributed by atoms with Crippen LogP contribution in [-0.2, 0) is 9.59 Å². The molecule has 0 bridgehead atoms. The lowest BCUT2D eigenvalue weighted by molar-refractivity contribution is -0.138. The molecule has 0 fully saturated rings. The topological polar surface area (TPSA) is 66.6 Å². The van der Waals surface area contributed by atoms with Gasteiger partial charge in [0.15, 0.2) is 0 Å². The molecule has 16 heavy (non-hydrogen) atoms. The summed E-state index contributed by atoms with van der Waals surface area (Å²) in [6.45, 7) is 2.14. The summed E-state index contributed by atoms with van der Waals surface area (Å²) in [5.41, 5.74) is 5.74. The Labute approximate surface area is 97.6 Å². The first-order valence-electron chi connectivity index (χ1n) is 5.60. The van der Waals surface area contributed by atoms with E-state index in [1.54, 1.807) is 21.1 Å². The Morgan fingerprint density at radius 1 is 1.25 bits per heavy atom. The van der Waals surface area contributed by atoms with Gasteiger partial charge in [0.05, 0.1) is 12.6 Å². The standard InChI is InChI=1S/C11H23N3O2/c1-5-6-7-9(12)11(16)14(4)8-10(15)13(2)3/h9H,5-8,12H2,1-4H3/t9-/m0/s1. The van der Waals surface area contributed by atoms with Crippen LogP contribution in [0.25, 0.3) is 0 Å². The van der Waals surface area contributed by atoms with Gasteiger partial charge in [0.2, 0.25) is 11.8 Å². The number of nitrogens with zero attached hydrogens (tertiary/aromatic N) is 2. The van der Waals surface area contributed by atoms with E-state index in [1.165, 1.54) is 9.80 Å². The van der Waals surface area contributed by atoms with Crippen LogP contribution < -0.4 is 5.73 Å². The van der Waals surface area contributed by atoms with E-state index in [-0.39, 0.29) is 18.4 Å². The van der Waals surface area contributed by atoms with Crippen molar-refractivity contribution < 1.29 is 9.59 Å². The maximum atomic E-state index is 11.7. The third kappa shape index (κ3) is 5.11. The van der Waals surface area contributed by atoms with Gasteiger partial charge in [0.25, 0.3) is 0 Å². The summed E-state index contributed by atoms with van der Waals surface area (Å²) in [6, 6.07) is -0.486. The number of hydrogen-bond acceptors (Lipinski definition) is 3. The van der Waals surface area contributed by atoms with Crippen LogP contribution in [0.4, 0.5) is 0 Å². The maximum absolute atomic E-state index is 11.7. The summed E-state index contributed by atoms with van der Waals surface area (Å²) in [7, 11) is 4.94. The highest BCUT2D eigenvalue weighted by atomic mass is 16.2. The smallest absolute Gasteiger partial charge is 0.241 e. The second-order valence-electron chi connectivity index (χ2n) is 4.23. The Morgan fingerprint density at radius 2 is 1.81 bits per heavy atom. The first-order chi connectivity index (χ1) is 7.40. The lowest BCUT2D eigenvalue weighted by atomic mass is 10.1. The van der Waals surface area contributed by atoms with Gasteiger partial charge in [0, 0.05) is 21.1 Å². The van der Waals surface area contributed by atoms with Gasteiger partial charge in [-0.05, 0) is 6.42 Å². The van der Waals surface area contributed by atoms with Crippen molar-refractivity contribution in [2.24, 2.45) is 5.73 Å². The summed E-state index contributed by atoms with van der Waals surface area (Å²) in [5, 5.41) is 0. The van der Waals surface area contributed by atoms with Gasteiger partial charge in [-0.15, -0.1) is 0 Å². The molecule has 0 heterocycles. The monoisotopic (exact) mass is 229 g/mol. The molecule has 94 valence electrons. The van der Waals surface area contributed by atoms with Crippen molar-refractivity contribution in [3.8, 4) is 0 Å². The summed E-state index contributed by atoms with van der Waals surface area (Å²) < 4.78 is 0. The quantitative estimate of drug-likeness (QED) is 0.700.